The third kappa shape index (κ3) is 5.60. The molecule has 2 N–H and O–H groups in total. The van der Waals surface area contributed by atoms with E-state index in [-0.39, 0.29) is 18.1 Å². The van der Waals surface area contributed by atoms with Gasteiger partial charge in [-0.3, -0.25) is 18.8 Å². The van der Waals surface area contributed by atoms with Crippen LogP contribution in [0, 0.1) is 0 Å². The summed E-state index contributed by atoms with van der Waals surface area (Å²) in [4.78, 5) is 40.1. The third-order valence-electron chi connectivity index (χ3n) is 7.60. The second kappa shape index (κ2) is 11.6. The number of benzene rings is 3. The first kappa shape index (κ1) is 26.8. The van der Waals surface area contributed by atoms with E-state index in [1.54, 1.807) is 22.6 Å². The summed E-state index contributed by atoms with van der Waals surface area (Å²) in [5.74, 6) is -0.761. The predicted octanol–water partition coefficient (Wildman–Crippen LogP) is 6.84. The first-order chi connectivity index (χ1) is 20.0. The van der Waals surface area contributed by atoms with E-state index >= 15 is 0 Å². The van der Waals surface area contributed by atoms with E-state index in [2.05, 4.69) is 5.32 Å². The van der Waals surface area contributed by atoms with E-state index < -0.39 is 17.9 Å². The first-order valence-electron chi connectivity index (χ1n) is 13.9. The molecule has 1 aliphatic rings. The zero-order valence-electron chi connectivity index (χ0n) is 22.4. The summed E-state index contributed by atoms with van der Waals surface area (Å²) in [6.45, 7) is 0. The fourth-order valence-corrected chi connectivity index (χ4v) is 6.70. The zero-order chi connectivity index (χ0) is 28.3. The number of amides is 1. The maximum absolute atomic E-state index is 14.0. The highest BCUT2D eigenvalue weighted by atomic mass is 32.1. The van der Waals surface area contributed by atoms with Crippen LogP contribution in [0.5, 0.6) is 5.75 Å². The summed E-state index contributed by atoms with van der Waals surface area (Å²) in [5, 5.41) is 12.5. The lowest BCUT2D eigenvalue weighted by molar-refractivity contribution is -0.137. The van der Waals surface area contributed by atoms with Crippen molar-refractivity contribution in [2.45, 2.75) is 50.7 Å². The number of hydrogen-bond donors (Lipinski definition) is 2. The van der Waals surface area contributed by atoms with Gasteiger partial charge in [-0.15, -0.1) is 11.3 Å². The molecule has 0 aliphatic heterocycles. The Morgan fingerprint density at radius 3 is 2.37 bits per heavy atom. The molecule has 0 saturated heterocycles. The smallest absolute Gasteiger partial charge is 0.305 e. The summed E-state index contributed by atoms with van der Waals surface area (Å²) in [6, 6.07) is 24.9. The highest BCUT2D eigenvalue weighted by molar-refractivity contribution is 7.24. The normalized spacial score (nSPS) is 14.6. The number of aliphatic carboxylic acids is 1. The van der Waals surface area contributed by atoms with Crippen LogP contribution in [-0.4, -0.2) is 27.5 Å². The average Bonchev–Trinajstić information content (AvgIpc) is 3.37. The van der Waals surface area contributed by atoms with Crippen molar-refractivity contribution in [1.29, 1.82) is 0 Å². The molecule has 3 aromatic carbocycles. The molecule has 208 valence electrons. The van der Waals surface area contributed by atoms with E-state index in [9.17, 15) is 19.5 Å². The second-order valence-corrected chi connectivity index (χ2v) is 11.5. The zero-order valence-corrected chi connectivity index (χ0v) is 23.2. The van der Waals surface area contributed by atoms with Gasteiger partial charge in [-0.25, -0.2) is 0 Å². The van der Waals surface area contributed by atoms with Crippen molar-refractivity contribution in [2.75, 3.05) is 0 Å². The Balaban J connectivity index is 1.48. The van der Waals surface area contributed by atoms with Crippen molar-refractivity contribution in [2.24, 2.45) is 0 Å². The van der Waals surface area contributed by atoms with Gasteiger partial charge in [0.25, 0.3) is 11.5 Å². The second-order valence-electron chi connectivity index (χ2n) is 10.4. The topological polar surface area (TPSA) is 97.1 Å². The summed E-state index contributed by atoms with van der Waals surface area (Å²) in [7, 11) is 0. The van der Waals surface area contributed by atoms with Crippen molar-refractivity contribution in [3.05, 3.63) is 106 Å². The van der Waals surface area contributed by atoms with E-state index in [4.69, 9.17) is 4.74 Å². The van der Waals surface area contributed by atoms with Crippen LogP contribution in [0.25, 0.3) is 26.2 Å². The maximum atomic E-state index is 14.0. The molecule has 1 amide bonds. The van der Waals surface area contributed by atoms with Crippen molar-refractivity contribution in [1.82, 2.24) is 9.72 Å². The number of nitrogens with one attached hydrogen (secondary N) is 1. The van der Waals surface area contributed by atoms with Crippen molar-refractivity contribution >= 4 is 38.3 Å². The lowest BCUT2D eigenvalue weighted by Gasteiger charge is -2.23. The van der Waals surface area contributed by atoms with E-state index in [1.807, 2.05) is 66.7 Å². The molecule has 1 unspecified atom stereocenters. The van der Waals surface area contributed by atoms with Gasteiger partial charge in [0.2, 0.25) is 0 Å². The fourth-order valence-electron chi connectivity index (χ4n) is 5.57. The van der Waals surface area contributed by atoms with Crippen LogP contribution in [-0.2, 0) is 4.79 Å². The minimum Gasteiger partial charge on any atom is -0.490 e. The quantitative estimate of drug-likeness (QED) is 0.214. The number of carboxylic acid groups (broad SMARTS) is 1. The minimum atomic E-state index is -1.02. The highest BCUT2D eigenvalue weighted by Gasteiger charge is 2.24. The van der Waals surface area contributed by atoms with Gasteiger partial charge >= 0.3 is 5.97 Å². The standard InChI is InChI=1S/C33H30N2O5S/c36-30(37)20-27(22-12-6-2-7-13-22)34-31(38)26-19-25(21-10-4-1-5-11-21)32(39)35-28-18-24(16-17-29(28)41-33(26)35)40-23-14-8-3-9-15-23/h1-2,4-7,10-13,16-19,23,27H,3,8-9,14-15,20H2,(H,34,38)(H,36,37). The van der Waals surface area contributed by atoms with Gasteiger partial charge in [0.05, 0.1) is 34.3 Å². The lowest BCUT2D eigenvalue weighted by atomic mass is 9.98. The molecule has 1 aliphatic carbocycles. The van der Waals surface area contributed by atoms with Crippen LogP contribution >= 0.6 is 11.3 Å². The number of carbonyl (C=O) groups excluding carboxylic acids is 1. The number of hydrogen-bond acceptors (Lipinski definition) is 5. The van der Waals surface area contributed by atoms with Gasteiger partial charge in [0.15, 0.2) is 0 Å². The number of carboxylic acids is 1. The molecule has 6 rings (SSSR count). The Kier molecular flexibility index (Phi) is 7.57. The minimum absolute atomic E-state index is 0.160. The SMILES string of the molecule is O=C(O)CC(NC(=O)c1cc(-c2ccccc2)c(=O)n2c1sc1ccc(OC3CCCCC3)cc12)c1ccccc1. The first-order valence-corrected chi connectivity index (χ1v) is 14.7. The van der Waals surface area contributed by atoms with Crippen LogP contribution in [0.4, 0.5) is 0 Å². The highest BCUT2D eigenvalue weighted by Crippen LogP contribution is 2.34. The Bertz CT molecular complexity index is 1770. The molecule has 41 heavy (non-hydrogen) atoms. The van der Waals surface area contributed by atoms with Crippen LogP contribution in [0.1, 0.15) is 60.5 Å². The summed E-state index contributed by atoms with van der Waals surface area (Å²) < 4.78 is 8.75. The van der Waals surface area contributed by atoms with E-state index in [0.717, 1.165) is 30.4 Å². The molecule has 0 radical (unpaired) electrons. The van der Waals surface area contributed by atoms with Gasteiger partial charge in [-0.1, -0.05) is 67.1 Å². The number of rotatable bonds is 8. The number of pyridine rings is 1. The Morgan fingerprint density at radius 2 is 1.66 bits per heavy atom. The molecule has 1 fully saturated rings. The summed E-state index contributed by atoms with van der Waals surface area (Å²) in [5.41, 5.74) is 2.54. The van der Waals surface area contributed by atoms with Gasteiger partial charge < -0.3 is 15.2 Å². The molecule has 2 heterocycles. The summed E-state index contributed by atoms with van der Waals surface area (Å²) >= 11 is 1.36. The molecule has 2 aromatic heterocycles. The molecule has 5 aromatic rings. The van der Waals surface area contributed by atoms with Crippen LogP contribution in [0.2, 0.25) is 0 Å². The average molecular weight is 567 g/mol. The van der Waals surface area contributed by atoms with Gasteiger partial charge in [0.1, 0.15) is 10.6 Å². The molecule has 1 atom stereocenters. The van der Waals surface area contributed by atoms with Crippen molar-refractivity contribution in [3.63, 3.8) is 0 Å². The van der Waals surface area contributed by atoms with E-state index in [0.29, 0.717) is 38.4 Å². The van der Waals surface area contributed by atoms with Crippen LogP contribution in [0.3, 0.4) is 0 Å². The largest absolute Gasteiger partial charge is 0.490 e. The molecule has 8 heteroatoms. The third-order valence-corrected chi connectivity index (χ3v) is 8.76. The molecule has 1 saturated carbocycles. The van der Waals surface area contributed by atoms with Gasteiger partial charge in [-0.05, 0) is 55.0 Å². The number of aromatic nitrogens is 1. The van der Waals surface area contributed by atoms with Crippen LogP contribution in [0.15, 0.2) is 89.7 Å². The summed E-state index contributed by atoms with van der Waals surface area (Å²) in [6.07, 6.45) is 5.46. The Labute approximate surface area is 241 Å². The number of nitrogens with zero attached hydrogens (tertiary/aromatic N) is 1. The monoisotopic (exact) mass is 566 g/mol. The molecular weight excluding hydrogens is 536 g/mol. The molecule has 0 spiro atoms. The number of thiazole rings is 1. The fraction of sp³-hybridized carbons (Fsp3) is 0.242. The number of ether oxygens (including phenoxy) is 1. The predicted molar refractivity (Wildman–Crippen MR) is 161 cm³/mol. The number of fused-ring (bicyclic) bond motifs is 3. The van der Waals surface area contributed by atoms with Gasteiger partial charge in [-0.2, -0.15) is 0 Å². The van der Waals surface area contributed by atoms with Gasteiger partial charge in [0, 0.05) is 11.6 Å². The Hall–Kier alpha value is -4.43. The van der Waals surface area contributed by atoms with Crippen LogP contribution < -0.4 is 15.6 Å². The maximum Gasteiger partial charge on any atom is 0.305 e. The van der Waals surface area contributed by atoms with Crippen molar-refractivity contribution in [3.8, 4) is 16.9 Å². The number of carbonyl (C=O) groups is 2. The van der Waals surface area contributed by atoms with Crippen molar-refractivity contribution < 1.29 is 19.4 Å². The van der Waals surface area contributed by atoms with E-state index in [1.165, 1.54) is 17.8 Å². The molecular formula is C33H30N2O5S. The molecule has 7 nitrogen and oxygen atoms in total. The molecule has 0 bridgehead atoms. The Morgan fingerprint density at radius 1 is 0.951 bits per heavy atom. The lowest BCUT2D eigenvalue weighted by Crippen LogP contribution is -2.31.